The van der Waals surface area contributed by atoms with Gasteiger partial charge in [-0.25, -0.2) is 0 Å². The van der Waals surface area contributed by atoms with Crippen LogP contribution in [0.5, 0.6) is 0 Å². The molecule has 0 bridgehead atoms. The Labute approximate surface area is 321 Å². The molecule has 9 aromatic carbocycles. The molecule has 0 saturated heterocycles. The third-order valence-corrected chi connectivity index (χ3v) is 15.3. The molecule has 55 heavy (non-hydrogen) atoms. The molecule has 5 heteroatoms. The SMILES string of the molecule is c1cc2c3c(c1)-n1c4cc5sc6ccc7ccccc7c6c5cc4c4cccc(c41)B3c1cccc3c4cc5c(cc4n-2c13)sc1ccc2ccccc2c15. The summed E-state index contributed by atoms with van der Waals surface area (Å²) in [6.45, 7) is 0.143. The molecule has 250 valence electrons. The molecule has 0 spiro atoms. The molecule has 0 amide bonds. The van der Waals surface area contributed by atoms with Gasteiger partial charge in [0, 0.05) is 84.3 Å². The molecule has 15 rings (SSSR count). The molecule has 0 aliphatic carbocycles. The molecule has 4 aromatic heterocycles. The van der Waals surface area contributed by atoms with Crippen molar-refractivity contribution in [2.75, 3.05) is 0 Å². The Morgan fingerprint density at radius 1 is 0.364 bits per heavy atom. The van der Waals surface area contributed by atoms with Gasteiger partial charge >= 0.3 is 0 Å². The van der Waals surface area contributed by atoms with E-state index in [1.807, 2.05) is 22.7 Å². The van der Waals surface area contributed by atoms with Crippen molar-refractivity contribution < 1.29 is 0 Å². The molecule has 0 radical (unpaired) electrons. The summed E-state index contributed by atoms with van der Waals surface area (Å²) in [4.78, 5) is 0. The number of hydrogen-bond donors (Lipinski definition) is 0. The number of thiophene rings is 2. The van der Waals surface area contributed by atoms with E-state index in [1.54, 1.807) is 0 Å². The van der Waals surface area contributed by atoms with Crippen LogP contribution in [0.3, 0.4) is 0 Å². The van der Waals surface area contributed by atoms with Gasteiger partial charge in [-0.3, -0.25) is 0 Å². The molecule has 0 unspecified atom stereocenters. The average molecular weight is 729 g/mol. The first-order chi connectivity index (χ1) is 27.3. The van der Waals surface area contributed by atoms with Crippen molar-refractivity contribution in [3.05, 3.63) is 152 Å². The Morgan fingerprint density at radius 2 is 0.836 bits per heavy atom. The summed E-state index contributed by atoms with van der Waals surface area (Å²) in [5.74, 6) is 0. The molecule has 13 aromatic rings. The maximum absolute atomic E-state index is 2.60. The van der Waals surface area contributed by atoms with Crippen LogP contribution in [0.2, 0.25) is 0 Å². The minimum absolute atomic E-state index is 0.143. The lowest BCUT2D eigenvalue weighted by Gasteiger charge is -2.33. The quantitative estimate of drug-likeness (QED) is 0.138. The summed E-state index contributed by atoms with van der Waals surface area (Å²) in [6, 6.07) is 58.0. The van der Waals surface area contributed by atoms with E-state index in [4.69, 9.17) is 0 Å². The van der Waals surface area contributed by atoms with Crippen molar-refractivity contribution in [2.45, 2.75) is 0 Å². The monoisotopic (exact) mass is 728 g/mol. The molecule has 0 saturated carbocycles. The van der Waals surface area contributed by atoms with Crippen molar-refractivity contribution in [3.63, 3.8) is 0 Å². The lowest BCUT2D eigenvalue weighted by Crippen LogP contribution is -2.59. The predicted molar refractivity (Wildman–Crippen MR) is 241 cm³/mol. The fraction of sp³-hybridized carbons (Fsp3) is 0. The second-order valence-corrected chi connectivity index (χ2v) is 17.7. The lowest BCUT2D eigenvalue weighted by molar-refractivity contribution is 1.14. The highest BCUT2D eigenvalue weighted by atomic mass is 32.1. The van der Waals surface area contributed by atoms with Crippen LogP contribution in [0.1, 0.15) is 0 Å². The highest BCUT2D eigenvalue weighted by Crippen LogP contribution is 2.46. The van der Waals surface area contributed by atoms with Gasteiger partial charge in [-0.1, -0.05) is 103 Å². The van der Waals surface area contributed by atoms with Gasteiger partial charge in [-0.2, -0.15) is 0 Å². The van der Waals surface area contributed by atoms with Crippen molar-refractivity contribution in [2.24, 2.45) is 0 Å². The van der Waals surface area contributed by atoms with Gasteiger partial charge in [0.25, 0.3) is 6.71 Å². The first-order valence-electron chi connectivity index (χ1n) is 19.0. The van der Waals surface area contributed by atoms with Crippen LogP contribution in [-0.4, -0.2) is 15.8 Å². The van der Waals surface area contributed by atoms with Crippen LogP contribution in [-0.2, 0) is 0 Å². The van der Waals surface area contributed by atoms with E-state index in [1.165, 1.54) is 133 Å². The minimum atomic E-state index is 0.143. The molecule has 0 N–H and O–H groups in total. The molecule has 6 heterocycles. The summed E-state index contributed by atoms with van der Waals surface area (Å²) in [5.41, 5.74) is 12.1. The summed E-state index contributed by atoms with van der Waals surface area (Å²) >= 11 is 3.84. The van der Waals surface area contributed by atoms with Crippen molar-refractivity contribution >= 4 is 151 Å². The standard InChI is InChI=1S/C50H25BN2S2/c1-3-10-28-26(8-1)18-20-42-46(28)34-22-32-30-12-5-14-36-49(30)52(40(32)24-44(34)54-42)38-16-7-17-39-48(38)51(36)37-15-6-13-31-33-23-35-45(25-41(33)53(39)50(31)37)55-43-21-19-27-9-2-4-11-29(27)47(35)43/h1-25H. The number of fused-ring (bicyclic) bond motifs is 20. The van der Waals surface area contributed by atoms with E-state index >= 15 is 0 Å². The topological polar surface area (TPSA) is 9.86 Å². The Morgan fingerprint density at radius 3 is 1.36 bits per heavy atom. The van der Waals surface area contributed by atoms with Crippen LogP contribution in [0, 0.1) is 0 Å². The summed E-state index contributed by atoms with van der Waals surface area (Å²) < 4.78 is 10.6. The molecular formula is C50H25BN2S2. The van der Waals surface area contributed by atoms with Crippen LogP contribution in [0.4, 0.5) is 0 Å². The predicted octanol–water partition coefficient (Wildman–Crippen LogP) is 12.1. The van der Waals surface area contributed by atoms with Crippen molar-refractivity contribution in [1.29, 1.82) is 0 Å². The summed E-state index contributed by atoms with van der Waals surface area (Å²) in [6.07, 6.45) is 0. The van der Waals surface area contributed by atoms with E-state index < -0.39 is 0 Å². The van der Waals surface area contributed by atoms with Gasteiger partial charge in [0.2, 0.25) is 0 Å². The fourth-order valence-electron chi connectivity index (χ4n) is 10.9. The second kappa shape index (κ2) is 9.45. The number of benzene rings is 9. The molecule has 2 nitrogen and oxygen atoms in total. The number of nitrogens with zero attached hydrogens (tertiary/aromatic N) is 2. The third-order valence-electron chi connectivity index (χ3n) is 13.1. The molecule has 2 aliphatic heterocycles. The summed E-state index contributed by atoms with van der Waals surface area (Å²) in [5, 5.41) is 16.1. The molecule has 2 aliphatic rings. The van der Waals surface area contributed by atoms with E-state index in [0.29, 0.717) is 0 Å². The zero-order valence-electron chi connectivity index (χ0n) is 29.2. The zero-order chi connectivity index (χ0) is 35.3. The molecule has 0 fully saturated rings. The van der Waals surface area contributed by atoms with Gasteiger partial charge < -0.3 is 9.13 Å². The smallest absolute Gasteiger partial charge is 0.252 e. The van der Waals surface area contributed by atoms with Crippen LogP contribution in [0.15, 0.2) is 152 Å². The second-order valence-electron chi connectivity index (χ2n) is 15.6. The maximum atomic E-state index is 2.60. The Bertz CT molecular complexity index is 3710. The average Bonchev–Trinajstić information content (AvgIpc) is 3.97. The highest BCUT2D eigenvalue weighted by molar-refractivity contribution is 7.26. The van der Waals surface area contributed by atoms with E-state index in [0.717, 1.165) is 0 Å². The lowest BCUT2D eigenvalue weighted by atomic mass is 9.34. The van der Waals surface area contributed by atoms with E-state index in [9.17, 15) is 0 Å². The Balaban J connectivity index is 1.07. The van der Waals surface area contributed by atoms with Crippen LogP contribution >= 0.6 is 22.7 Å². The Kier molecular flexibility index (Phi) is 4.83. The maximum Gasteiger partial charge on any atom is 0.252 e. The van der Waals surface area contributed by atoms with Crippen LogP contribution < -0.4 is 16.4 Å². The van der Waals surface area contributed by atoms with Gasteiger partial charge in [0.05, 0.1) is 11.0 Å². The minimum Gasteiger partial charge on any atom is -0.310 e. The number of rotatable bonds is 0. The molecule has 0 atom stereocenters. The first kappa shape index (κ1) is 28.1. The number of hydrogen-bond acceptors (Lipinski definition) is 2. The fourth-order valence-corrected chi connectivity index (χ4v) is 13.2. The zero-order valence-corrected chi connectivity index (χ0v) is 30.9. The number of para-hydroxylation sites is 2. The van der Waals surface area contributed by atoms with Crippen LogP contribution in [0.25, 0.3) is 117 Å². The Hall–Kier alpha value is -6.40. The van der Waals surface area contributed by atoms with Gasteiger partial charge in [-0.15, -0.1) is 22.7 Å². The van der Waals surface area contributed by atoms with Crippen molar-refractivity contribution in [1.82, 2.24) is 9.13 Å². The van der Waals surface area contributed by atoms with Gasteiger partial charge in [0.1, 0.15) is 0 Å². The van der Waals surface area contributed by atoms with Crippen molar-refractivity contribution in [3.8, 4) is 11.4 Å². The summed E-state index contributed by atoms with van der Waals surface area (Å²) in [7, 11) is 0. The first-order valence-corrected chi connectivity index (χ1v) is 20.7. The normalized spacial score (nSPS) is 13.4. The highest BCUT2D eigenvalue weighted by Gasteiger charge is 2.40. The molecular weight excluding hydrogens is 704 g/mol. The third kappa shape index (κ3) is 3.21. The van der Waals surface area contributed by atoms with Gasteiger partial charge in [-0.05, 0) is 86.5 Å². The number of aromatic nitrogens is 2. The van der Waals surface area contributed by atoms with E-state index in [2.05, 4.69) is 161 Å². The largest absolute Gasteiger partial charge is 0.310 e. The van der Waals surface area contributed by atoms with E-state index in [-0.39, 0.29) is 6.71 Å². The van der Waals surface area contributed by atoms with Gasteiger partial charge in [0.15, 0.2) is 0 Å².